The van der Waals surface area contributed by atoms with Crippen LogP contribution in [0.5, 0.6) is 5.75 Å². The first-order chi connectivity index (χ1) is 14.1. The Morgan fingerprint density at radius 1 is 1.07 bits per heavy atom. The van der Waals surface area contributed by atoms with Gasteiger partial charge in [-0.1, -0.05) is 72.3 Å². The summed E-state index contributed by atoms with van der Waals surface area (Å²) in [6.07, 6.45) is 0. The maximum atomic E-state index is 15.0. The molecule has 0 saturated carbocycles. The Kier molecular flexibility index (Phi) is 5.67. The summed E-state index contributed by atoms with van der Waals surface area (Å²) in [4.78, 5) is 14.8. The van der Waals surface area contributed by atoms with Crippen LogP contribution >= 0.6 is 11.6 Å². The molecule has 0 spiro atoms. The first-order valence-corrected chi connectivity index (χ1v) is 9.66. The smallest absolute Gasteiger partial charge is 0.343 e. The molecule has 0 N–H and O–H groups in total. The molecule has 0 bridgehead atoms. The monoisotopic (exact) mass is 411 g/mol. The van der Waals surface area contributed by atoms with Gasteiger partial charge in [-0.25, -0.2) is 9.18 Å². The standard InChI is InChI=1S/C23H19ClFNO3/c24-18-13-19-22(26(11-12-28-19)14-16-7-3-1-4-8-16)20(21(18)25)23(27)29-15-17-9-5-2-6-10-17/h1-10,13H,11-12,14-15H2. The Morgan fingerprint density at radius 2 is 1.72 bits per heavy atom. The minimum atomic E-state index is -0.799. The molecule has 6 heteroatoms. The minimum Gasteiger partial charge on any atom is -0.489 e. The zero-order valence-electron chi connectivity index (χ0n) is 15.6. The molecule has 0 aliphatic carbocycles. The summed E-state index contributed by atoms with van der Waals surface area (Å²) in [5, 5.41) is -0.169. The van der Waals surface area contributed by atoms with Gasteiger partial charge in [-0.05, 0) is 11.1 Å². The second-order valence-electron chi connectivity index (χ2n) is 6.71. The Hall–Kier alpha value is -3.05. The molecule has 0 fully saturated rings. The molecule has 1 aliphatic rings. The zero-order valence-corrected chi connectivity index (χ0v) is 16.4. The molecule has 4 rings (SSSR count). The summed E-state index contributed by atoms with van der Waals surface area (Å²) in [6, 6.07) is 20.4. The molecule has 0 atom stereocenters. The van der Waals surface area contributed by atoms with E-state index in [1.807, 2.05) is 65.6 Å². The van der Waals surface area contributed by atoms with Crippen molar-refractivity contribution in [2.45, 2.75) is 13.2 Å². The Morgan fingerprint density at radius 3 is 2.41 bits per heavy atom. The lowest BCUT2D eigenvalue weighted by Crippen LogP contribution is -2.34. The van der Waals surface area contributed by atoms with Gasteiger partial charge in [0.2, 0.25) is 0 Å². The molecular weight excluding hydrogens is 393 g/mol. The first kappa shape index (κ1) is 19.3. The number of rotatable bonds is 5. The van der Waals surface area contributed by atoms with Gasteiger partial charge in [-0.15, -0.1) is 0 Å². The van der Waals surface area contributed by atoms with Gasteiger partial charge < -0.3 is 14.4 Å². The van der Waals surface area contributed by atoms with Crippen LogP contribution < -0.4 is 9.64 Å². The third-order valence-corrected chi connectivity index (χ3v) is 5.00. The molecule has 0 aromatic heterocycles. The highest BCUT2D eigenvalue weighted by atomic mass is 35.5. The fraction of sp³-hybridized carbons (Fsp3) is 0.174. The van der Waals surface area contributed by atoms with Gasteiger partial charge in [0.1, 0.15) is 24.5 Å². The Labute approximate surface area is 173 Å². The maximum absolute atomic E-state index is 15.0. The van der Waals surface area contributed by atoms with Gasteiger partial charge >= 0.3 is 5.97 Å². The van der Waals surface area contributed by atoms with Crippen molar-refractivity contribution < 1.29 is 18.7 Å². The molecule has 0 radical (unpaired) electrons. The quantitative estimate of drug-likeness (QED) is 0.538. The predicted octanol–water partition coefficient (Wildman–Crippen LogP) is 5.24. The number of halogens is 2. The second-order valence-corrected chi connectivity index (χ2v) is 7.12. The van der Waals surface area contributed by atoms with Crippen LogP contribution in [0.3, 0.4) is 0 Å². The summed E-state index contributed by atoms with van der Waals surface area (Å²) < 4.78 is 26.0. The van der Waals surface area contributed by atoms with E-state index in [1.54, 1.807) is 0 Å². The van der Waals surface area contributed by atoms with Crippen LogP contribution in [-0.2, 0) is 17.9 Å². The van der Waals surface area contributed by atoms with E-state index in [0.717, 1.165) is 11.1 Å². The van der Waals surface area contributed by atoms with Gasteiger partial charge in [0.05, 0.1) is 17.3 Å². The van der Waals surface area contributed by atoms with Crippen molar-refractivity contribution >= 4 is 23.3 Å². The summed E-state index contributed by atoms with van der Waals surface area (Å²) in [6.45, 7) is 1.49. The highest BCUT2D eigenvalue weighted by molar-refractivity contribution is 6.31. The van der Waals surface area contributed by atoms with Crippen molar-refractivity contribution in [2.75, 3.05) is 18.1 Å². The summed E-state index contributed by atoms with van der Waals surface area (Å²) in [7, 11) is 0. The predicted molar refractivity (Wildman–Crippen MR) is 110 cm³/mol. The van der Waals surface area contributed by atoms with E-state index in [4.69, 9.17) is 21.1 Å². The van der Waals surface area contributed by atoms with Crippen molar-refractivity contribution in [1.29, 1.82) is 0 Å². The number of hydrogen-bond donors (Lipinski definition) is 0. The minimum absolute atomic E-state index is 0.0416. The number of nitrogens with zero attached hydrogens (tertiary/aromatic N) is 1. The van der Waals surface area contributed by atoms with Crippen molar-refractivity contribution in [2.24, 2.45) is 0 Å². The average molecular weight is 412 g/mol. The van der Waals surface area contributed by atoms with Crippen LogP contribution in [0.4, 0.5) is 10.1 Å². The summed E-state index contributed by atoms with van der Waals surface area (Å²) in [5.41, 5.74) is 2.04. The van der Waals surface area contributed by atoms with Crippen LogP contribution in [0.25, 0.3) is 0 Å². The number of esters is 1. The van der Waals surface area contributed by atoms with E-state index in [9.17, 15) is 9.18 Å². The maximum Gasteiger partial charge on any atom is 0.343 e. The van der Waals surface area contributed by atoms with Gasteiger partial charge in [-0.2, -0.15) is 0 Å². The lowest BCUT2D eigenvalue weighted by Gasteiger charge is -2.33. The normalized spacial score (nSPS) is 12.8. The number of hydrogen-bond acceptors (Lipinski definition) is 4. The average Bonchev–Trinajstić information content (AvgIpc) is 2.75. The molecule has 4 nitrogen and oxygen atoms in total. The largest absolute Gasteiger partial charge is 0.489 e. The van der Waals surface area contributed by atoms with E-state index in [-0.39, 0.29) is 17.2 Å². The number of fused-ring (bicyclic) bond motifs is 1. The highest BCUT2D eigenvalue weighted by Gasteiger charge is 2.31. The third kappa shape index (κ3) is 4.20. The fourth-order valence-corrected chi connectivity index (χ4v) is 3.53. The van der Waals surface area contributed by atoms with E-state index in [0.29, 0.717) is 31.1 Å². The number of carbonyl (C=O) groups is 1. The van der Waals surface area contributed by atoms with Crippen LogP contribution in [0, 0.1) is 5.82 Å². The molecule has 0 saturated heterocycles. The van der Waals surface area contributed by atoms with Gasteiger partial charge in [0.15, 0.2) is 5.82 Å². The molecule has 3 aromatic carbocycles. The topological polar surface area (TPSA) is 38.8 Å². The number of anilines is 1. The molecule has 29 heavy (non-hydrogen) atoms. The number of ether oxygens (including phenoxy) is 2. The third-order valence-electron chi connectivity index (χ3n) is 4.73. The Balaban J connectivity index is 1.67. The molecular formula is C23H19ClFNO3. The van der Waals surface area contributed by atoms with Crippen molar-refractivity contribution in [1.82, 2.24) is 0 Å². The molecule has 1 aliphatic heterocycles. The lowest BCUT2D eigenvalue weighted by atomic mass is 10.1. The fourth-order valence-electron chi connectivity index (χ4n) is 3.34. The van der Waals surface area contributed by atoms with Crippen molar-refractivity contribution in [3.63, 3.8) is 0 Å². The lowest BCUT2D eigenvalue weighted by molar-refractivity contribution is 0.0467. The molecule has 0 amide bonds. The molecule has 0 unspecified atom stereocenters. The van der Waals surface area contributed by atoms with E-state index in [2.05, 4.69) is 0 Å². The van der Waals surface area contributed by atoms with Gasteiger partial charge in [0, 0.05) is 12.6 Å². The van der Waals surface area contributed by atoms with Gasteiger partial charge in [-0.3, -0.25) is 0 Å². The SMILES string of the molecule is O=C(OCc1ccccc1)c1c(F)c(Cl)cc2c1N(Cc1ccccc1)CCO2. The van der Waals surface area contributed by atoms with E-state index >= 15 is 0 Å². The van der Waals surface area contributed by atoms with Crippen LogP contribution in [0.1, 0.15) is 21.5 Å². The molecule has 1 heterocycles. The second kappa shape index (κ2) is 8.53. The van der Waals surface area contributed by atoms with Crippen molar-refractivity contribution in [3.8, 4) is 5.75 Å². The summed E-state index contributed by atoms with van der Waals surface area (Å²) in [5.74, 6) is -1.19. The highest BCUT2D eigenvalue weighted by Crippen LogP contribution is 2.41. The number of carbonyl (C=O) groups excluding carboxylic acids is 1. The zero-order chi connectivity index (χ0) is 20.2. The molecule has 148 valence electrons. The van der Waals surface area contributed by atoms with Crippen molar-refractivity contribution in [3.05, 3.63) is 94.3 Å². The van der Waals surface area contributed by atoms with Crippen LogP contribution in [0.15, 0.2) is 66.7 Å². The molecule has 3 aromatic rings. The summed E-state index contributed by atoms with van der Waals surface area (Å²) >= 11 is 6.04. The Bertz CT molecular complexity index is 1010. The van der Waals surface area contributed by atoms with Crippen LogP contribution in [-0.4, -0.2) is 19.1 Å². The van der Waals surface area contributed by atoms with Gasteiger partial charge in [0.25, 0.3) is 0 Å². The first-order valence-electron chi connectivity index (χ1n) is 9.28. The van der Waals surface area contributed by atoms with Crippen LogP contribution in [0.2, 0.25) is 5.02 Å². The van der Waals surface area contributed by atoms with E-state index < -0.39 is 11.8 Å². The van der Waals surface area contributed by atoms with E-state index in [1.165, 1.54) is 6.07 Å². The number of benzene rings is 3.